The van der Waals surface area contributed by atoms with Gasteiger partial charge in [0.25, 0.3) is 0 Å². The van der Waals surface area contributed by atoms with E-state index in [9.17, 15) is 9.46 Å². The first kappa shape index (κ1) is 13.5. The molecule has 2 rings (SSSR count). The van der Waals surface area contributed by atoms with E-state index in [4.69, 9.17) is 9.05 Å². The van der Waals surface area contributed by atoms with Gasteiger partial charge in [-0.05, 0) is 37.5 Å². The van der Waals surface area contributed by atoms with Crippen LogP contribution in [0, 0.1) is 11.8 Å². The van der Waals surface area contributed by atoms with Crippen molar-refractivity contribution in [2.45, 2.75) is 51.4 Å². The number of hydrogen-bond donors (Lipinski definition) is 1. The number of phosphoric acid groups is 1. The Kier molecular flexibility index (Phi) is 5.04. The van der Waals surface area contributed by atoms with Crippen LogP contribution in [0.1, 0.15) is 51.4 Å². The highest BCUT2D eigenvalue weighted by Crippen LogP contribution is 2.45. The quantitative estimate of drug-likeness (QED) is 0.744. The molecule has 17 heavy (non-hydrogen) atoms. The third-order valence-electron chi connectivity index (χ3n) is 3.90. The maximum atomic E-state index is 11.6. The van der Waals surface area contributed by atoms with Crippen molar-refractivity contribution >= 4 is 7.82 Å². The molecule has 0 unspecified atom stereocenters. The topological polar surface area (TPSA) is 55.8 Å². The zero-order valence-electron chi connectivity index (χ0n) is 10.3. The first-order chi connectivity index (χ1) is 8.16. The van der Waals surface area contributed by atoms with Crippen LogP contribution in [-0.4, -0.2) is 18.1 Å². The maximum absolute atomic E-state index is 11.6. The van der Waals surface area contributed by atoms with E-state index in [0.717, 1.165) is 25.7 Å². The van der Waals surface area contributed by atoms with Crippen LogP contribution in [-0.2, 0) is 13.6 Å². The zero-order valence-corrected chi connectivity index (χ0v) is 11.2. The van der Waals surface area contributed by atoms with E-state index >= 15 is 0 Å². The molecule has 0 heterocycles. The van der Waals surface area contributed by atoms with E-state index in [1.807, 2.05) is 0 Å². The summed E-state index contributed by atoms with van der Waals surface area (Å²) in [6.07, 6.45) is 9.31. The third kappa shape index (κ3) is 4.70. The van der Waals surface area contributed by atoms with Gasteiger partial charge in [-0.25, -0.2) is 4.57 Å². The molecule has 100 valence electrons. The Morgan fingerprint density at radius 1 is 0.882 bits per heavy atom. The smallest absolute Gasteiger partial charge is 0.302 e. The number of rotatable bonds is 6. The van der Waals surface area contributed by atoms with Crippen LogP contribution in [0.3, 0.4) is 0 Å². The lowest BCUT2D eigenvalue weighted by Gasteiger charge is -2.16. The monoisotopic (exact) mass is 262 g/mol. The molecule has 0 saturated heterocycles. The Morgan fingerprint density at radius 2 is 1.24 bits per heavy atom. The Balaban J connectivity index is 1.64. The van der Waals surface area contributed by atoms with Gasteiger partial charge in [-0.1, -0.05) is 25.7 Å². The molecular formula is C12H23O4P. The summed E-state index contributed by atoms with van der Waals surface area (Å²) in [5.74, 6) is 0.899. The summed E-state index contributed by atoms with van der Waals surface area (Å²) in [7, 11) is -3.80. The summed E-state index contributed by atoms with van der Waals surface area (Å²) in [4.78, 5) is 9.55. The maximum Gasteiger partial charge on any atom is 0.472 e. The molecule has 2 aliphatic carbocycles. The molecule has 1 N–H and O–H groups in total. The van der Waals surface area contributed by atoms with Crippen LogP contribution in [0.2, 0.25) is 0 Å². The van der Waals surface area contributed by atoms with Crippen LogP contribution in [0.25, 0.3) is 0 Å². The van der Waals surface area contributed by atoms with Gasteiger partial charge in [0.1, 0.15) is 0 Å². The number of phosphoric ester groups is 1. The van der Waals surface area contributed by atoms with Crippen molar-refractivity contribution in [1.29, 1.82) is 0 Å². The Labute approximate surface area is 103 Å². The van der Waals surface area contributed by atoms with E-state index in [0.29, 0.717) is 25.0 Å². The highest BCUT2D eigenvalue weighted by Gasteiger charge is 2.27. The molecule has 0 spiro atoms. The van der Waals surface area contributed by atoms with Crippen LogP contribution >= 0.6 is 7.82 Å². The van der Waals surface area contributed by atoms with Crippen molar-refractivity contribution in [3.8, 4) is 0 Å². The predicted molar refractivity (Wildman–Crippen MR) is 65.6 cm³/mol. The highest BCUT2D eigenvalue weighted by atomic mass is 31.2. The lowest BCUT2D eigenvalue weighted by atomic mass is 10.1. The first-order valence-corrected chi connectivity index (χ1v) is 8.27. The lowest BCUT2D eigenvalue weighted by molar-refractivity contribution is 0.118. The predicted octanol–water partition coefficient (Wildman–Crippen LogP) is 3.50. The van der Waals surface area contributed by atoms with Gasteiger partial charge in [0.05, 0.1) is 13.2 Å². The SMILES string of the molecule is O=P(O)(OCC1CCCC1)OCC1CCCC1. The van der Waals surface area contributed by atoms with E-state index in [1.54, 1.807) is 0 Å². The molecule has 0 bridgehead atoms. The van der Waals surface area contributed by atoms with Crippen LogP contribution in [0.15, 0.2) is 0 Å². The standard InChI is InChI=1S/C12H23O4P/c13-17(14,15-9-11-5-1-2-6-11)16-10-12-7-3-4-8-12/h11-12H,1-10H2,(H,13,14). The normalized spacial score (nSPS) is 23.6. The molecule has 2 aliphatic rings. The van der Waals surface area contributed by atoms with Gasteiger partial charge in [-0.2, -0.15) is 0 Å². The van der Waals surface area contributed by atoms with Crippen LogP contribution in [0.5, 0.6) is 0 Å². The lowest BCUT2D eigenvalue weighted by Crippen LogP contribution is -2.08. The summed E-state index contributed by atoms with van der Waals surface area (Å²) in [6, 6.07) is 0. The fraction of sp³-hybridized carbons (Fsp3) is 1.00. The van der Waals surface area contributed by atoms with Gasteiger partial charge >= 0.3 is 7.82 Å². The molecule has 0 aliphatic heterocycles. The van der Waals surface area contributed by atoms with E-state index in [2.05, 4.69) is 0 Å². The molecule has 2 fully saturated rings. The van der Waals surface area contributed by atoms with Crippen molar-refractivity contribution in [2.75, 3.05) is 13.2 Å². The van der Waals surface area contributed by atoms with Crippen molar-refractivity contribution in [3.63, 3.8) is 0 Å². The zero-order chi connectivity index (χ0) is 12.1. The first-order valence-electron chi connectivity index (χ1n) is 6.77. The molecule has 4 nitrogen and oxygen atoms in total. The van der Waals surface area contributed by atoms with Gasteiger partial charge in [-0.3, -0.25) is 9.05 Å². The van der Waals surface area contributed by atoms with Gasteiger partial charge < -0.3 is 4.89 Å². The fourth-order valence-electron chi connectivity index (χ4n) is 2.79. The molecule has 2 saturated carbocycles. The molecule has 0 radical (unpaired) electrons. The second-order valence-corrected chi connectivity index (χ2v) is 6.81. The Bertz CT molecular complexity index is 246. The molecule has 0 aromatic carbocycles. The summed E-state index contributed by atoms with van der Waals surface area (Å²) in [5, 5.41) is 0. The minimum absolute atomic E-state index is 0.373. The molecule has 0 amide bonds. The van der Waals surface area contributed by atoms with Gasteiger partial charge in [0.15, 0.2) is 0 Å². The Morgan fingerprint density at radius 3 is 1.59 bits per heavy atom. The second-order valence-electron chi connectivity index (χ2n) is 5.36. The molecule has 0 atom stereocenters. The van der Waals surface area contributed by atoms with E-state index in [1.165, 1.54) is 25.7 Å². The summed E-state index contributed by atoms with van der Waals surface area (Å²) < 4.78 is 21.8. The van der Waals surface area contributed by atoms with Gasteiger partial charge in [0, 0.05) is 0 Å². The van der Waals surface area contributed by atoms with Gasteiger partial charge in [0.2, 0.25) is 0 Å². The molecule has 5 heteroatoms. The average Bonchev–Trinajstić information content (AvgIpc) is 2.97. The molecule has 0 aromatic heterocycles. The van der Waals surface area contributed by atoms with Crippen molar-refractivity contribution < 1.29 is 18.5 Å². The second kappa shape index (κ2) is 6.33. The van der Waals surface area contributed by atoms with Crippen molar-refractivity contribution in [1.82, 2.24) is 0 Å². The minimum atomic E-state index is -3.80. The summed E-state index contributed by atoms with van der Waals surface area (Å²) in [5.41, 5.74) is 0. The Hall–Kier alpha value is 0.110. The third-order valence-corrected chi connectivity index (χ3v) is 4.85. The fourth-order valence-corrected chi connectivity index (χ4v) is 3.66. The van der Waals surface area contributed by atoms with Crippen molar-refractivity contribution in [3.05, 3.63) is 0 Å². The van der Waals surface area contributed by atoms with Gasteiger partial charge in [-0.15, -0.1) is 0 Å². The van der Waals surface area contributed by atoms with E-state index in [-0.39, 0.29) is 0 Å². The van der Waals surface area contributed by atoms with E-state index < -0.39 is 7.82 Å². The summed E-state index contributed by atoms with van der Waals surface area (Å²) >= 11 is 0. The van der Waals surface area contributed by atoms with Crippen LogP contribution in [0.4, 0.5) is 0 Å². The van der Waals surface area contributed by atoms with Crippen LogP contribution < -0.4 is 0 Å². The number of hydrogen-bond acceptors (Lipinski definition) is 3. The summed E-state index contributed by atoms with van der Waals surface area (Å²) in [6.45, 7) is 0.747. The molecule has 0 aromatic rings. The largest absolute Gasteiger partial charge is 0.472 e. The molecular weight excluding hydrogens is 239 g/mol. The van der Waals surface area contributed by atoms with Crippen molar-refractivity contribution in [2.24, 2.45) is 11.8 Å². The minimum Gasteiger partial charge on any atom is -0.302 e. The highest BCUT2D eigenvalue weighted by molar-refractivity contribution is 7.47. The average molecular weight is 262 g/mol.